The predicted octanol–water partition coefficient (Wildman–Crippen LogP) is 0.150. The number of carbonyl (C=O) groups is 2. The number of nitrogens with one attached hydrogen (secondary N) is 1. The highest BCUT2D eigenvalue weighted by atomic mass is 16.5. The molecule has 0 unspecified atom stereocenters. The molecule has 0 aromatic carbocycles. The molecular formula is C11H20N2O3. The first-order valence-electron chi connectivity index (χ1n) is 5.71. The smallest absolute Gasteiger partial charge is 0.396 e. The maximum absolute atomic E-state index is 11.1. The molecule has 16 heavy (non-hydrogen) atoms. The summed E-state index contributed by atoms with van der Waals surface area (Å²) in [5.74, 6) is -1.49. The molecule has 1 saturated carbocycles. The van der Waals surface area contributed by atoms with Crippen LogP contribution in [0.2, 0.25) is 0 Å². The Hall–Kier alpha value is -1.10. The van der Waals surface area contributed by atoms with Gasteiger partial charge in [0.2, 0.25) is 0 Å². The lowest BCUT2D eigenvalue weighted by Crippen LogP contribution is -2.39. The number of ether oxygens (including phenoxy) is 1. The minimum absolute atomic E-state index is 0.487. The van der Waals surface area contributed by atoms with Crippen molar-refractivity contribution >= 4 is 11.9 Å². The summed E-state index contributed by atoms with van der Waals surface area (Å²) in [5, 5.41) is 2.53. The second-order valence-corrected chi connectivity index (χ2v) is 4.17. The van der Waals surface area contributed by atoms with E-state index in [1.165, 1.54) is 32.8 Å². The van der Waals surface area contributed by atoms with E-state index in [1.54, 1.807) is 0 Å². The standard InChI is InChI=1S/C11H20N2O3/c1-13(9-5-3-4-6-9)8-7-12-10(14)11(15)16-2/h9H,3-8H2,1-2H3,(H,12,14). The third kappa shape index (κ3) is 3.81. The van der Waals surface area contributed by atoms with Crippen molar-refractivity contribution in [1.29, 1.82) is 0 Å². The van der Waals surface area contributed by atoms with Crippen LogP contribution < -0.4 is 5.32 Å². The van der Waals surface area contributed by atoms with Gasteiger partial charge in [-0.2, -0.15) is 0 Å². The highest BCUT2D eigenvalue weighted by Gasteiger charge is 2.19. The summed E-state index contributed by atoms with van der Waals surface area (Å²) in [6, 6.07) is 0.634. The van der Waals surface area contributed by atoms with Crippen LogP contribution in [0.1, 0.15) is 25.7 Å². The Kier molecular flexibility index (Phi) is 5.25. The summed E-state index contributed by atoms with van der Waals surface area (Å²) >= 11 is 0. The monoisotopic (exact) mass is 228 g/mol. The van der Waals surface area contributed by atoms with Gasteiger partial charge in [0.25, 0.3) is 0 Å². The maximum Gasteiger partial charge on any atom is 0.396 e. The quantitative estimate of drug-likeness (QED) is 0.549. The van der Waals surface area contributed by atoms with Crippen molar-refractivity contribution in [3.63, 3.8) is 0 Å². The van der Waals surface area contributed by atoms with E-state index in [0.29, 0.717) is 12.6 Å². The van der Waals surface area contributed by atoms with E-state index in [-0.39, 0.29) is 0 Å². The van der Waals surface area contributed by atoms with Crippen molar-refractivity contribution in [3.8, 4) is 0 Å². The Morgan fingerprint density at radius 1 is 1.38 bits per heavy atom. The van der Waals surface area contributed by atoms with E-state index in [4.69, 9.17) is 0 Å². The highest BCUT2D eigenvalue weighted by molar-refractivity contribution is 6.32. The maximum atomic E-state index is 11.1. The van der Waals surface area contributed by atoms with Gasteiger partial charge in [-0.1, -0.05) is 12.8 Å². The Bertz CT molecular complexity index is 250. The number of amides is 1. The minimum Gasteiger partial charge on any atom is -0.462 e. The number of esters is 1. The third-order valence-corrected chi connectivity index (χ3v) is 3.07. The topological polar surface area (TPSA) is 58.6 Å². The van der Waals surface area contributed by atoms with Crippen LogP contribution in [0.5, 0.6) is 0 Å². The van der Waals surface area contributed by atoms with E-state index in [1.807, 2.05) is 0 Å². The molecule has 0 spiro atoms. The van der Waals surface area contributed by atoms with Crippen LogP contribution in [0.3, 0.4) is 0 Å². The fourth-order valence-corrected chi connectivity index (χ4v) is 2.04. The van der Waals surface area contributed by atoms with E-state index in [0.717, 1.165) is 6.54 Å². The Morgan fingerprint density at radius 2 is 2.00 bits per heavy atom. The van der Waals surface area contributed by atoms with Gasteiger partial charge in [-0.05, 0) is 19.9 Å². The molecule has 1 N–H and O–H groups in total. The molecule has 1 aliphatic rings. The summed E-state index contributed by atoms with van der Waals surface area (Å²) in [4.78, 5) is 24.1. The Balaban J connectivity index is 2.14. The fourth-order valence-electron chi connectivity index (χ4n) is 2.04. The molecule has 0 heterocycles. The molecule has 1 aliphatic carbocycles. The molecule has 1 fully saturated rings. The number of nitrogens with zero attached hydrogens (tertiary/aromatic N) is 1. The van der Waals surface area contributed by atoms with Crippen LogP contribution in [-0.2, 0) is 14.3 Å². The minimum atomic E-state index is -0.830. The van der Waals surface area contributed by atoms with Crippen LogP contribution >= 0.6 is 0 Å². The largest absolute Gasteiger partial charge is 0.462 e. The normalized spacial score (nSPS) is 16.4. The van der Waals surface area contributed by atoms with Crippen LogP contribution in [0.15, 0.2) is 0 Å². The van der Waals surface area contributed by atoms with Gasteiger partial charge in [-0.25, -0.2) is 4.79 Å². The molecule has 0 aromatic rings. The molecule has 5 nitrogen and oxygen atoms in total. The molecule has 0 saturated heterocycles. The lowest BCUT2D eigenvalue weighted by molar-refractivity contribution is -0.152. The second kappa shape index (κ2) is 6.48. The summed E-state index contributed by atoms with van der Waals surface area (Å²) in [6.07, 6.45) is 5.07. The zero-order valence-electron chi connectivity index (χ0n) is 9.99. The van der Waals surface area contributed by atoms with E-state index in [2.05, 4.69) is 22.0 Å². The fraction of sp³-hybridized carbons (Fsp3) is 0.818. The predicted molar refractivity (Wildman–Crippen MR) is 59.9 cm³/mol. The lowest BCUT2D eigenvalue weighted by Gasteiger charge is -2.23. The van der Waals surface area contributed by atoms with Gasteiger partial charge in [0, 0.05) is 19.1 Å². The number of hydrogen-bond donors (Lipinski definition) is 1. The lowest BCUT2D eigenvalue weighted by atomic mass is 10.2. The number of hydrogen-bond acceptors (Lipinski definition) is 4. The Labute approximate surface area is 96.1 Å². The summed E-state index contributed by atoms with van der Waals surface area (Å²) in [7, 11) is 3.26. The molecule has 0 aliphatic heterocycles. The average molecular weight is 228 g/mol. The Morgan fingerprint density at radius 3 is 2.56 bits per heavy atom. The molecule has 0 atom stereocenters. The zero-order chi connectivity index (χ0) is 12.0. The van der Waals surface area contributed by atoms with Crippen molar-refractivity contribution in [1.82, 2.24) is 10.2 Å². The molecule has 5 heteroatoms. The van der Waals surface area contributed by atoms with Gasteiger partial charge >= 0.3 is 11.9 Å². The van der Waals surface area contributed by atoms with Gasteiger partial charge in [0.05, 0.1) is 7.11 Å². The van der Waals surface area contributed by atoms with Crippen molar-refractivity contribution in [3.05, 3.63) is 0 Å². The van der Waals surface area contributed by atoms with Gasteiger partial charge < -0.3 is 15.0 Å². The summed E-state index contributed by atoms with van der Waals surface area (Å²) < 4.78 is 4.30. The van der Waals surface area contributed by atoms with Gasteiger partial charge in [-0.15, -0.1) is 0 Å². The van der Waals surface area contributed by atoms with Crippen LogP contribution in [0, 0.1) is 0 Å². The van der Waals surface area contributed by atoms with Crippen LogP contribution in [-0.4, -0.2) is 50.1 Å². The first-order valence-corrected chi connectivity index (χ1v) is 5.71. The van der Waals surface area contributed by atoms with Crippen molar-refractivity contribution in [2.45, 2.75) is 31.7 Å². The van der Waals surface area contributed by atoms with E-state index >= 15 is 0 Å². The summed E-state index contributed by atoms with van der Waals surface area (Å²) in [6.45, 7) is 1.26. The molecule has 92 valence electrons. The van der Waals surface area contributed by atoms with Gasteiger partial charge in [0.1, 0.15) is 0 Å². The second-order valence-electron chi connectivity index (χ2n) is 4.17. The number of methoxy groups -OCH3 is 1. The number of carbonyl (C=O) groups excluding carboxylic acids is 2. The van der Waals surface area contributed by atoms with Crippen molar-refractivity contribution < 1.29 is 14.3 Å². The summed E-state index contributed by atoms with van der Waals surface area (Å²) in [5.41, 5.74) is 0. The van der Waals surface area contributed by atoms with E-state index in [9.17, 15) is 9.59 Å². The van der Waals surface area contributed by atoms with Crippen molar-refractivity contribution in [2.24, 2.45) is 0 Å². The highest BCUT2D eigenvalue weighted by Crippen LogP contribution is 2.21. The van der Waals surface area contributed by atoms with E-state index < -0.39 is 11.9 Å². The molecular weight excluding hydrogens is 208 g/mol. The third-order valence-electron chi connectivity index (χ3n) is 3.07. The molecule has 0 aromatic heterocycles. The molecule has 0 bridgehead atoms. The zero-order valence-corrected chi connectivity index (χ0v) is 9.99. The molecule has 1 rings (SSSR count). The number of rotatable bonds is 4. The van der Waals surface area contributed by atoms with Crippen LogP contribution in [0.25, 0.3) is 0 Å². The van der Waals surface area contributed by atoms with Crippen LogP contribution in [0.4, 0.5) is 0 Å². The first-order chi connectivity index (χ1) is 7.65. The number of likely N-dealkylation sites (N-methyl/N-ethyl adjacent to an activating group) is 1. The van der Waals surface area contributed by atoms with Gasteiger partial charge in [-0.3, -0.25) is 4.79 Å². The average Bonchev–Trinajstić information content (AvgIpc) is 2.81. The van der Waals surface area contributed by atoms with Gasteiger partial charge in [0.15, 0.2) is 0 Å². The van der Waals surface area contributed by atoms with Crippen molar-refractivity contribution in [2.75, 3.05) is 27.2 Å². The molecule has 0 radical (unpaired) electrons. The molecule has 1 amide bonds. The SMILES string of the molecule is COC(=O)C(=O)NCCN(C)C1CCCC1. The first kappa shape index (κ1) is 13.0.